The van der Waals surface area contributed by atoms with Crippen molar-refractivity contribution in [1.29, 1.82) is 0 Å². The van der Waals surface area contributed by atoms with E-state index in [1.165, 1.54) is 22.5 Å². The number of hydrogen-bond donors (Lipinski definition) is 1. The largest absolute Gasteiger partial charge is 0.593 e. The van der Waals surface area contributed by atoms with Crippen LogP contribution in [0, 0.1) is 10.1 Å². The monoisotopic (exact) mass is 358 g/mol. The molecule has 0 bridgehead atoms. The molecule has 1 atom stereocenters. The van der Waals surface area contributed by atoms with Gasteiger partial charge in [0.2, 0.25) is 0 Å². The first-order chi connectivity index (χ1) is 11.2. The summed E-state index contributed by atoms with van der Waals surface area (Å²) in [6.45, 7) is 4.99. The zero-order valence-electron chi connectivity index (χ0n) is 13.9. The normalized spacial score (nSPS) is 12.9. The van der Waals surface area contributed by atoms with Crippen molar-refractivity contribution >= 4 is 23.0 Å². The molecule has 1 aromatic carbocycles. The molecule has 0 spiro atoms. The number of aliphatic hydroxyl groups is 1. The molecule has 1 aromatic rings. The number of carbonyl (C=O) groups is 1. The summed E-state index contributed by atoms with van der Waals surface area (Å²) in [5.41, 5.74) is -0.896. The van der Waals surface area contributed by atoms with Crippen LogP contribution in [-0.2, 0) is 20.9 Å². The summed E-state index contributed by atoms with van der Waals surface area (Å²) in [5, 5.41) is 20.2. The zero-order valence-corrected chi connectivity index (χ0v) is 14.7. The lowest BCUT2D eigenvalue weighted by atomic mass is 10.2. The number of esters is 1. The third-order valence-electron chi connectivity index (χ3n) is 2.82. The van der Waals surface area contributed by atoms with Crippen LogP contribution in [0.15, 0.2) is 29.2 Å². The number of benzene rings is 1. The first-order valence-corrected chi connectivity index (χ1v) is 8.49. The maximum absolute atomic E-state index is 12.6. The number of para-hydroxylation sites is 1. The Morgan fingerprint density at radius 3 is 2.50 bits per heavy atom. The number of nitrogens with zero attached hydrogens (tertiary/aromatic N) is 2. The van der Waals surface area contributed by atoms with Crippen LogP contribution in [0.1, 0.15) is 27.2 Å². The molecule has 0 aliphatic rings. The van der Waals surface area contributed by atoms with Crippen molar-refractivity contribution in [3.63, 3.8) is 0 Å². The highest BCUT2D eigenvalue weighted by molar-refractivity contribution is 7.89. The molecule has 0 aromatic heterocycles. The van der Waals surface area contributed by atoms with Gasteiger partial charge in [0.05, 0.1) is 42.4 Å². The first kappa shape index (κ1) is 20.4. The number of nitro benzene ring substituents is 1. The Labute approximate surface area is 143 Å². The molecule has 24 heavy (non-hydrogen) atoms. The quantitative estimate of drug-likeness (QED) is 0.325. The molecule has 0 amide bonds. The predicted octanol–water partition coefficient (Wildman–Crippen LogP) is 1.64. The summed E-state index contributed by atoms with van der Waals surface area (Å²) in [5.74, 6) is -0.468. The molecule has 0 radical (unpaired) electrons. The summed E-state index contributed by atoms with van der Waals surface area (Å²) in [6, 6.07) is 5.69. The van der Waals surface area contributed by atoms with Crippen molar-refractivity contribution in [2.45, 2.75) is 37.7 Å². The third kappa shape index (κ3) is 6.44. The molecule has 0 aliphatic heterocycles. The first-order valence-electron chi connectivity index (χ1n) is 7.38. The van der Waals surface area contributed by atoms with Gasteiger partial charge in [-0.2, -0.15) is 0 Å². The molecule has 8 nitrogen and oxygen atoms in total. The molecule has 0 heterocycles. The Bertz CT molecular complexity index is 575. The predicted molar refractivity (Wildman–Crippen MR) is 88.6 cm³/mol. The molecule has 1 N–H and O–H groups in total. The van der Waals surface area contributed by atoms with E-state index in [1.807, 2.05) is 0 Å². The van der Waals surface area contributed by atoms with Gasteiger partial charge in [-0.25, -0.2) is 0 Å². The fourth-order valence-corrected chi connectivity index (χ4v) is 3.19. The van der Waals surface area contributed by atoms with Gasteiger partial charge in [-0.1, -0.05) is 12.1 Å². The van der Waals surface area contributed by atoms with Gasteiger partial charge in [0.1, 0.15) is 5.60 Å². The molecule has 0 saturated carbocycles. The van der Waals surface area contributed by atoms with Crippen LogP contribution in [-0.4, -0.2) is 50.2 Å². The fourth-order valence-electron chi connectivity index (χ4n) is 1.89. The minimum Gasteiger partial charge on any atom is -0.593 e. The van der Waals surface area contributed by atoms with Crippen LogP contribution in [0.4, 0.5) is 5.69 Å². The molecule has 0 aliphatic carbocycles. The van der Waals surface area contributed by atoms with E-state index in [2.05, 4.69) is 0 Å². The van der Waals surface area contributed by atoms with Crippen molar-refractivity contribution in [3.8, 4) is 0 Å². The second-order valence-electron chi connectivity index (χ2n) is 5.96. The third-order valence-corrected chi connectivity index (χ3v) is 4.37. The van der Waals surface area contributed by atoms with E-state index in [0.717, 1.165) is 0 Å². The number of ether oxygens (including phenoxy) is 1. The molecular weight excluding hydrogens is 336 g/mol. The molecule has 1 unspecified atom stereocenters. The number of aliphatic hydroxyl groups excluding tert-OH is 1. The van der Waals surface area contributed by atoms with Gasteiger partial charge in [-0.05, 0) is 20.8 Å². The SMILES string of the molecule is CC(C)(C)OC(=O)CCN(CCO)[S+]([O-])c1ccccc1[N+](=O)[O-]. The van der Waals surface area contributed by atoms with Crippen molar-refractivity contribution in [2.24, 2.45) is 0 Å². The van der Waals surface area contributed by atoms with Crippen molar-refractivity contribution in [3.05, 3.63) is 34.4 Å². The highest BCUT2D eigenvalue weighted by Gasteiger charge is 2.30. The highest BCUT2D eigenvalue weighted by Crippen LogP contribution is 2.26. The molecule has 1 rings (SSSR count). The van der Waals surface area contributed by atoms with Crippen LogP contribution in [0.3, 0.4) is 0 Å². The lowest BCUT2D eigenvalue weighted by molar-refractivity contribution is -0.387. The zero-order chi connectivity index (χ0) is 18.3. The van der Waals surface area contributed by atoms with Gasteiger partial charge in [0.25, 0.3) is 4.90 Å². The fraction of sp³-hybridized carbons (Fsp3) is 0.533. The topological polar surface area (TPSA) is 116 Å². The van der Waals surface area contributed by atoms with Gasteiger partial charge in [0.15, 0.2) is 0 Å². The van der Waals surface area contributed by atoms with Gasteiger partial charge in [-0.15, -0.1) is 4.31 Å². The Morgan fingerprint density at radius 2 is 1.96 bits per heavy atom. The number of nitro groups is 1. The van der Waals surface area contributed by atoms with Gasteiger partial charge in [0, 0.05) is 12.1 Å². The Morgan fingerprint density at radius 1 is 1.33 bits per heavy atom. The summed E-state index contributed by atoms with van der Waals surface area (Å²) in [7, 11) is 0. The number of carbonyl (C=O) groups excluding carboxylic acids is 1. The number of hydrogen-bond acceptors (Lipinski definition) is 7. The van der Waals surface area contributed by atoms with Crippen LogP contribution in [0.2, 0.25) is 0 Å². The van der Waals surface area contributed by atoms with Crippen molar-refractivity contribution in [1.82, 2.24) is 4.31 Å². The van der Waals surface area contributed by atoms with Gasteiger partial charge < -0.3 is 14.4 Å². The molecule has 0 fully saturated rings. The van der Waals surface area contributed by atoms with E-state index in [4.69, 9.17) is 9.84 Å². The van der Waals surface area contributed by atoms with E-state index in [-0.39, 0.29) is 36.7 Å². The Balaban J connectivity index is 2.84. The second-order valence-corrected chi connectivity index (χ2v) is 7.42. The average molecular weight is 358 g/mol. The summed E-state index contributed by atoms with van der Waals surface area (Å²) in [4.78, 5) is 22.3. The van der Waals surface area contributed by atoms with Crippen LogP contribution in [0.25, 0.3) is 0 Å². The van der Waals surface area contributed by atoms with E-state index in [1.54, 1.807) is 26.8 Å². The van der Waals surface area contributed by atoms with E-state index in [9.17, 15) is 19.5 Å². The maximum atomic E-state index is 12.6. The lowest BCUT2D eigenvalue weighted by Gasteiger charge is -2.24. The average Bonchev–Trinajstić information content (AvgIpc) is 2.49. The number of rotatable bonds is 8. The van der Waals surface area contributed by atoms with Crippen LogP contribution < -0.4 is 0 Å². The summed E-state index contributed by atoms with van der Waals surface area (Å²) in [6.07, 6.45) is -0.0381. The van der Waals surface area contributed by atoms with Crippen LogP contribution in [0.5, 0.6) is 0 Å². The van der Waals surface area contributed by atoms with Crippen molar-refractivity contribution in [2.75, 3.05) is 19.7 Å². The van der Waals surface area contributed by atoms with Crippen molar-refractivity contribution < 1.29 is 24.1 Å². The lowest BCUT2D eigenvalue weighted by Crippen LogP contribution is -2.36. The standard InChI is InChI=1S/C15H22N2O6S/c1-15(2,3)23-14(19)8-9-16(10-11-18)24(22)13-7-5-4-6-12(13)17(20)21/h4-7,18H,8-11H2,1-3H3. The molecule has 9 heteroatoms. The highest BCUT2D eigenvalue weighted by atomic mass is 32.2. The minimum absolute atomic E-state index is 0.0153. The summed E-state index contributed by atoms with van der Waals surface area (Å²) >= 11 is -1.87. The maximum Gasteiger partial charge on any atom is 0.325 e. The van der Waals surface area contributed by atoms with Gasteiger partial charge >= 0.3 is 11.7 Å². The van der Waals surface area contributed by atoms with Gasteiger partial charge in [-0.3, -0.25) is 14.9 Å². The van der Waals surface area contributed by atoms with Crippen LogP contribution >= 0.6 is 0 Å². The molecule has 134 valence electrons. The molecular formula is C15H22N2O6S. The summed E-state index contributed by atoms with van der Waals surface area (Å²) < 4.78 is 19.1. The van der Waals surface area contributed by atoms with E-state index >= 15 is 0 Å². The Hall–Kier alpha value is -1.68. The second kappa shape index (κ2) is 8.97. The Kier molecular flexibility index (Phi) is 7.61. The minimum atomic E-state index is -1.87. The van der Waals surface area contributed by atoms with E-state index in [0.29, 0.717) is 0 Å². The molecule has 0 saturated heterocycles. The van der Waals surface area contributed by atoms with E-state index < -0.39 is 27.9 Å². The smallest absolute Gasteiger partial charge is 0.325 e.